The van der Waals surface area contributed by atoms with E-state index in [4.69, 9.17) is 9.72 Å². The zero-order valence-corrected chi connectivity index (χ0v) is 12.8. The zero-order chi connectivity index (χ0) is 14.2. The largest absolute Gasteiger partial charge is 0.376 e. The van der Waals surface area contributed by atoms with Crippen LogP contribution in [0, 0.1) is 0 Å². The van der Waals surface area contributed by atoms with Gasteiger partial charge in [-0.25, -0.2) is 4.98 Å². The summed E-state index contributed by atoms with van der Waals surface area (Å²) in [6.07, 6.45) is 3.89. The van der Waals surface area contributed by atoms with Crippen LogP contribution in [0.25, 0.3) is 0 Å². The van der Waals surface area contributed by atoms with Crippen molar-refractivity contribution in [1.82, 2.24) is 10.3 Å². The van der Waals surface area contributed by atoms with Crippen molar-refractivity contribution in [3.05, 3.63) is 23.9 Å². The van der Waals surface area contributed by atoms with Crippen molar-refractivity contribution in [3.8, 4) is 0 Å². The standard InChI is InChI=1S/C16H27N3O/c1-3-10-17-12-14-7-5-9-16(18-14)19(4-2)13-15-8-6-11-20-15/h5,7,9,15,17H,3-4,6,8,10-13H2,1-2H3. The quantitative estimate of drug-likeness (QED) is 0.741. The Kier molecular flexibility index (Phi) is 6.27. The summed E-state index contributed by atoms with van der Waals surface area (Å²) in [6.45, 7) is 9.08. The molecule has 1 saturated heterocycles. The molecular weight excluding hydrogens is 250 g/mol. The van der Waals surface area contributed by atoms with E-state index in [1.54, 1.807) is 0 Å². The molecule has 1 N–H and O–H groups in total. The van der Waals surface area contributed by atoms with Gasteiger partial charge in [0.15, 0.2) is 0 Å². The third-order valence-corrected chi connectivity index (χ3v) is 3.68. The molecule has 4 nitrogen and oxygen atoms in total. The number of nitrogens with zero attached hydrogens (tertiary/aromatic N) is 2. The van der Waals surface area contributed by atoms with Gasteiger partial charge in [-0.3, -0.25) is 0 Å². The highest BCUT2D eigenvalue weighted by atomic mass is 16.5. The lowest BCUT2D eigenvalue weighted by molar-refractivity contribution is 0.115. The maximum Gasteiger partial charge on any atom is 0.128 e. The predicted octanol–water partition coefficient (Wildman–Crippen LogP) is 2.59. The van der Waals surface area contributed by atoms with Crippen molar-refractivity contribution in [2.45, 2.75) is 45.8 Å². The van der Waals surface area contributed by atoms with Crippen LogP contribution in [-0.4, -0.2) is 37.3 Å². The first kappa shape index (κ1) is 15.3. The molecule has 0 bridgehead atoms. The van der Waals surface area contributed by atoms with E-state index in [1.165, 1.54) is 12.8 Å². The monoisotopic (exact) mass is 277 g/mol. The van der Waals surface area contributed by atoms with Crippen LogP contribution in [0.15, 0.2) is 18.2 Å². The molecule has 1 aliphatic rings. The molecule has 0 amide bonds. The van der Waals surface area contributed by atoms with E-state index in [-0.39, 0.29) is 0 Å². The lowest BCUT2D eigenvalue weighted by atomic mass is 10.2. The van der Waals surface area contributed by atoms with Crippen LogP contribution in [0.1, 0.15) is 38.8 Å². The van der Waals surface area contributed by atoms with E-state index in [1.807, 2.05) is 0 Å². The first-order valence-electron chi connectivity index (χ1n) is 7.86. The second kappa shape index (κ2) is 8.22. The van der Waals surface area contributed by atoms with E-state index < -0.39 is 0 Å². The summed E-state index contributed by atoms with van der Waals surface area (Å²) in [6, 6.07) is 6.29. The summed E-state index contributed by atoms with van der Waals surface area (Å²) in [5.74, 6) is 1.07. The smallest absolute Gasteiger partial charge is 0.128 e. The minimum Gasteiger partial charge on any atom is -0.376 e. The van der Waals surface area contributed by atoms with Gasteiger partial charge in [0, 0.05) is 26.2 Å². The molecule has 2 rings (SSSR count). The molecule has 1 aliphatic heterocycles. The van der Waals surface area contributed by atoms with Crippen molar-refractivity contribution in [1.29, 1.82) is 0 Å². The van der Waals surface area contributed by atoms with Gasteiger partial charge >= 0.3 is 0 Å². The van der Waals surface area contributed by atoms with Gasteiger partial charge in [0.1, 0.15) is 5.82 Å². The summed E-state index contributed by atoms with van der Waals surface area (Å²) in [5.41, 5.74) is 1.11. The molecule has 4 heteroatoms. The minimum atomic E-state index is 0.374. The number of hydrogen-bond acceptors (Lipinski definition) is 4. The Morgan fingerprint density at radius 1 is 1.40 bits per heavy atom. The SMILES string of the molecule is CCCNCc1cccc(N(CC)CC2CCCO2)n1. The van der Waals surface area contributed by atoms with Crippen LogP contribution in [0.3, 0.4) is 0 Å². The third-order valence-electron chi connectivity index (χ3n) is 3.68. The van der Waals surface area contributed by atoms with Gasteiger partial charge in [-0.05, 0) is 44.9 Å². The fourth-order valence-corrected chi connectivity index (χ4v) is 2.55. The molecule has 0 aromatic carbocycles. The maximum absolute atomic E-state index is 5.73. The number of nitrogens with one attached hydrogen (secondary N) is 1. The van der Waals surface area contributed by atoms with Crippen LogP contribution in [0.2, 0.25) is 0 Å². The van der Waals surface area contributed by atoms with Gasteiger partial charge in [-0.2, -0.15) is 0 Å². The Hall–Kier alpha value is -1.13. The highest BCUT2D eigenvalue weighted by molar-refractivity contribution is 5.39. The van der Waals surface area contributed by atoms with Crippen LogP contribution in [-0.2, 0) is 11.3 Å². The Labute approximate surface area is 122 Å². The average Bonchev–Trinajstić information content (AvgIpc) is 2.98. The van der Waals surface area contributed by atoms with Gasteiger partial charge in [-0.1, -0.05) is 13.0 Å². The summed E-state index contributed by atoms with van der Waals surface area (Å²) >= 11 is 0. The zero-order valence-electron chi connectivity index (χ0n) is 12.8. The van der Waals surface area contributed by atoms with Gasteiger partial charge in [0.25, 0.3) is 0 Å². The van der Waals surface area contributed by atoms with Crippen molar-refractivity contribution >= 4 is 5.82 Å². The average molecular weight is 277 g/mol. The van der Waals surface area contributed by atoms with Crippen LogP contribution >= 0.6 is 0 Å². The van der Waals surface area contributed by atoms with Crippen LogP contribution < -0.4 is 10.2 Å². The van der Waals surface area contributed by atoms with Crippen LogP contribution in [0.4, 0.5) is 5.82 Å². The van der Waals surface area contributed by atoms with Crippen LogP contribution in [0.5, 0.6) is 0 Å². The first-order chi connectivity index (χ1) is 9.83. The van der Waals surface area contributed by atoms with Crippen molar-refractivity contribution in [2.24, 2.45) is 0 Å². The number of hydrogen-bond donors (Lipinski definition) is 1. The first-order valence-corrected chi connectivity index (χ1v) is 7.86. The molecule has 0 radical (unpaired) electrons. The molecule has 0 aliphatic carbocycles. The molecular formula is C16H27N3O. The predicted molar refractivity (Wildman–Crippen MR) is 83.1 cm³/mol. The van der Waals surface area contributed by atoms with E-state index in [2.05, 4.69) is 42.3 Å². The third kappa shape index (κ3) is 4.46. The van der Waals surface area contributed by atoms with E-state index in [0.717, 1.165) is 50.7 Å². The normalized spacial score (nSPS) is 18.4. The number of rotatable bonds is 8. The van der Waals surface area contributed by atoms with Gasteiger partial charge < -0.3 is 15.0 Å². The van der Waals surface area contributed by atoms with E-state index in [9.17, 15) is 0 Å². The lowest BCUT2D eigenvalue weighted by Gasteiger charge is -2.25. The summed E-state index contributed by atoms with van der Waals surface area (Å²) in [5, 5.41) is 3.40. The second-order valence-corrected chi connectivity index (χ2v) is 5.34. The molecule has 1 unspecified atom stereocenters. The van der Waals surface area contributed by atoms with Gasteiger partial charge in [0.2, 0.25) is 0 Å². The number of aromatic nitrogens is 1. The lowest BCUT2D eigenvalue weighted by Crippen LogP contribution is -2.32. The molecule has 1 atom stereocenters. The number of pyridine rings is 1. The Morgan fingerprint density at radius 2 is 2.30 bits per heavy atom. The van der Waals surface area contributed by atoms with E-state index in [0.29, 0.717) is 6.10 Å². The highest BCUT2D eigenvalue weighted by Crippen LogP contribution is 2.17. The molecule has 0 saturated carbocycles. The molecule has 1 aromatic rings. The van der Waals surface area contributed by atoms with Crippen molar-refractivity contribution in [3.63, 3.8) is 0 Å². The minimum absolute atomic E-state index is 0.374. The summed E-state index contributed by atoms with van der Waals surface area (Å²) in [4.78, 5) is 7.08. The van der Waals surface area contributed by atoms with Gasteiger partial charge in [0.05, 0.1) is 11.8 Å². The highest BCUT2D eigenvalue weighted by Gasteiger charge is 2.19. The molecule has 20 heavy (non-hydrogen) atoms. The number of anilines is 1. The fourth-order valence-electron chi connectivity index (χ4n) is 2.55. The molecule has 1 fully saturated rings. The Bertz CT molecular complexity index is 391. The van der Waals surface area contributed by atoms with Gasteiger partial charge in [-0.15, -0.1) is 0 Å². The van der Waals surface area contributed by atoms with E-state index >= 15 is 0 Å². The van der Waals surface area contributed by atoms with Crippen molar-refractivity contribution < 1.29 is 4.74 Å². The number of likely N-dealkylation sites (N-methyl/N-ethyl adjacent to an activating group) is 1. The molecule has 2 heterocycles. The molecule has 0 spiro atoms. The topological polar surface area (TPSA) is 37.4 Å². The fraction of sp³-hybridized carbons (Fsp3) is 0.688. The summed E-state index contributed by atoms with van der Waals surface area (Å²) in [7, 11) is 0. The maximum atomic E-state index is 5.73. The second-order valence-electron chi connectivity index (χ2n) is 5.34. The Balaban J connectivity index is 1.95. The number of ether oxygens (including phenoxy) is 1. The summed E-state index contributed by atoms with van der Waals surface area (Å²) < 4.78 is 5.73. The Morgan fingerprint density at radius 3 is 3.00 bits per heavy atom. The molecule has 112 valence electrons. The molecule has 1 aromatic heterocycles. The van der Waals surface area contributed by atoms with Crippen molar-refractivity contribution in [2.75, 3.05) is 31.1 Å².